The van der Waals surface area contributed by atoms with Crippen LogP contribution in [0.5, 0.6) is 0 Å². The molecule has 0 spiro atoms. The summed E-state index contributed by atoms with van der Waals surface area (Å²) in [6.45, 7) is 4.18. The van der Waals surface area contributed by atoms with E-state index in [0.717, 1.165) is 4.88 Å². The molecule has 1 atom stereocenters. The summed E-state index contributed by atoms with van der Waals surface area (Å²) in [6, 6.07) is 9.00. The molecular formula is C14H16FNS. The summed E-state index contributed by atoms with van der Waals surface area (Å²) in [5, 5.41) is 3.19. The number of thiophene rings is 1. The zero-order valence-corrected chi connectivity index (χ0v) is 11.1. The summed E-state index contributed by atoms with van der Waals surface area (Å²) in [5.74, 6) is -0.157. The summed E-state index contributed by atoms with van der Waals surface area (Å²) >= 11 is 1.72. The van der Waals surface area contributed by atoms with Gasteiger partial charge in [0.15, 0.2) is 0 Å². The molecule has 0 aliphatic rings. The number of benzene rings is 1. The minimum atomic E-state index is -0.157. The van der Waals surface area contributed by atoms with Gasteiger partial charge in [-0.05, 0) is 38.6 Å². The summed E-state index contributed by atoms with van der Waals surface area (Å²) in [7, 11) is 1.86. The van der Waals surface area contributed by atoms with E-state index in [1.54, 1.807) is 17.4 Å². The predicted octanol–water partition coefficient (Wildman–Crippen LogP) is 3.81. The van der Waals surface area contributed by atoms with E-state index < -0.39 is 0 Å². The van der Waals surface area contributed by atoms with E-state index in [-0.39, 0.29) is 11.9 Å². The van der Waals surface area contributed by atoms with Crippen molar-refractivity contribution in [3.05, 3.63) is 57.0 Å². The predicted molar refractivity (Wildman–Crippen MR) is 71.1 cm³/mol. The third kappa shape index (κ3) is 2.40. The lowest BCUT2D eigenvalue weighted by molar-refractivity contribution is 0.579. The van der Waals surface area contributed by atoms with Crippen LogP contribution in [-0.4, -0.2) is 7.05 Å². The van der Waals surface area contributed by atoms with Crippen molar-refractivity contribution in [1.29, 1.82) is 0 Å². The van der Waals surface area contributed by atoms with E-state index in [9.17, 15) is 4.39 Å². The zero-order chi connectivity index (χ0) is 12.4. The second-order valence-corrected chi connectivity index (χ2v) is 5.42. The van der Waals surface area contributed by atoms with Crippen LogP contribution in [0, 0.1) is 19.7 Å². The van der Waals surface area contributed by atoms with Crippen molar-refractivity contribution >= 4 is 11.3 Å². The Balaban J connectivity index is 2.44. The van der Waals surface area contributed by atoms with Crippen molar-refractivity contribution in [2.45, 2.75) is 19.9 Å². The molecule has 1 unspecified atom stereocenters. The number of aryl methyl sites for hydroxylation is 2. The molecular weight excluding hydrogens is 233 g/mol. The second-order valence-electron chi connectivity index (χ2n) is 4.13. The Morgan fingerprint density at radius 3 is 2.47 bits per heavy atom. The van der Waals surface area contributed by atoms with Crippen molar-refractivity contribution in [3.63, 3.8) is 0 Å². The Kier molecular flexibility index (Phi) is 3.60. The molecule has 2 aromatic rings. The highest BCUT2D eigenvalue weighted by Crippen LogP contribution is 2.31. The lowest BCUT2D eigenvalue weighted by atomic mass is 10.0. The highest BCUT2D eigenvalue weighted by molar-refractivity contribution is 7.12. The molecule has 0 saturated heterocycles. The van der Waals surface area contributed by atoms with E-state index in [0.29, 0.717) is 5.56 Å². The standard InChI is InChI=1S/C14H16FNS/c1-9-8-13(17-10(9)2)14(16-3)11-6-4-5-7-12(11)15/h4-8,14,16H,1-3H3. The monoisotopic (exact) mass is 249 g/mol. The average molecular weight is 249 g/mol. The molecule has 0 radical (unpaired) electrons. The molecule has 0 amide bonds. The van der Waals surface area contributed by atoms with E-state index in [1.807, 2.05) is 19.2 Å². The smallest absolute Gasteiger partial charge is 0.128 e. The molecule has 1 nitrogen and oxygen atoms in total. The summed E-state index contributed by atoms with van der Waals surface area (Å²) < 4.78 is 13.8. The van der Waals surface area contributed by atoms with Gasteiger partial charge in [-0.25, -0.2) is 4.39 Å². The van der Waals surface area contributed by atoms with E-state index in [1.165, 1.54) is 16.5 Å². The van der Waals surface area contributed by atoms with Crippen LogP contribution in [0.3, 0.4) is 0 Å². The molecule has 3 heteroatoms. The van der Waals surface area contributed by atoms with Crippen molar-refractivity contribution in [1.82, 2.24) is 5.32 Å². The fourth-order valence-corrected chi connectivity index (χ4v) is 3.08. The number of nitrogens with one attached hydrogen (secondary N) is 1. The van der Waals surface area contributed by atoms with Gasteiger partial charge in [0.05, 0.1) is 6.04 Å². The van der Waals surface area contributed by atoms with Gasteiger partial charge in [-0.2, -0.15) is 0 Å². The van der Waals surface area contributed by atoms with Crippen LogP contribution in [0.15, 0.2) is 30.3 Å². The topological polar surface area (TPSA) is 12.0 Å². The second kappa shape index (κ2) is 4.98. The molecule has 1 aromatic carbocycles. The van der Waals surface area contributed by atoms with Crippen molar-refractivity contribution in [3.8, 4) is 0 Å². The van der Waals surface area contributed by atoms with Crippen LogP contribution >= 0.6 is 11.3 Å². The largest absolute Gasteiger partial charge is 0.309 e. The quantitative estimate of drug-likeness (QED) is 0.872. The SMILES string of the molecule is CNC(c1cc(C)c(C)s1)c1ccccc1F. The van der Waals surface area contributed by atoms with Crippen LogP contribution in [-0.2, 0) is 0 Å². The van der Waals surface area contributed by atoms with Crippen LogP contribution in [0.1, 0.15) is 26.9 Å². The lowest BCUT2D eigenvalue weighted by Crippen LogP contribution is -2.17. The fourth-order valence-electron chi connectivity index (χ4n) is 1.90. The molecule has 1 N–H and O–H groups in total. The number of hydrogen-bond donors (Lipinski definition) is 1. The average Bonchev–Trinajstić information content (AvgIpc) is 2.63. The number of hydrogen-bond acceptors (Lipinski definition) is 2. The molecule has 0 fully saturated rings. The van der Waals surface area contributed by atoms with Gasteiger partial charge in [-0.1, -0.05) is 18.2 Å². The first-order valence-corrected chi connectivity index (χ1v) is 6.43. The first-order valence-electron chi connectivity index (χ1n) is 5.62. The minimum absolute atomic E-state index is 0.0615. The minimum Gasteiger partial charge on any atom is -0.309 e. The normalized spacial score (nSPS) is 12.7. The van der Waals surface area contributed by atoms with Crippen LogP contribution < -0.4 is 5.32 Å². The Hall–Kier alpha value is -1.19. The Morgan fingerprint density at radius 1 is 1.24 bits per heavy atom. The summed E-state index contributed by atoms with van der Waals surface area (Å²) in [6.07, 6.45) is 0. The van der Waals surface area contributed by atoms with Crippen molar-refractivity contribution in [2.75, 3.05) is 7.05 Å². The summed E-state index contributed by atoms with van der Waals surface area (Å²) in [5.41, 5.74) is 1.97. The van der Waals surface area contributed by atoms with Gasteiger partial charge in [0.2, 0.25) is 0 Å². The fraction of sp³-hybridized carbons (Fsp3) is 0.286. The molecule has 0 aliphatic heterocycles. The van der Waals surface area contributed by atoms with Gasteiger partial charge in [0.25, 0.3) is 0 Å². The van der Waals surface area contributed by atoms with Crippen molar-refractivity contribution in [2.24, 2.45) is 0 Å². The molecule has 0 saturated carbocycles. The van der Waals surface area contributed by atoms with Gasteiger partial charge in [-0.15, -0.1) is 11.3 Å². The van der Waals surface area contributed by atoms with Gasteiger partial charge in [-0.3, -0.25) is 0 Å². The maximum absolute atomic E-state index is 13.8. The van der Waals surface area contributed by atoms with Crippen LogP contribution in [0.4, 0.5) is 4.39 Å². The Labute approximate surface area is 105 Å². The maximum Gasteiger partial charge on any atom is 0.128 e. The summed E-state index contributed by atoms with van der Waals surface area (Å²) in [4.78, 5) is 2.45. The third-order valence-corrected chi connectivity index (χ3v) is 4.19. The molecule has 0 aliphatic carbocycles. The first kappa shape index (κ1) is 12.3. The van der Waals surface area contributed by atoms with E-state index >= 15 is 0 Å². The van der Waals surface area contributed by atoms with Gasteiger partial charge >= 0.3 is 0 Å². The molecule has 1 heterocycles. The molecule has 1 aromatic heterocycles. The van der Waals surface area contributed by atoms with Crippen LogP contribution in [0.2, 0.25) is 0 Å². The lowest BCUT2D eigenvalue weighted by Gasteiger charge is -2.15. The Morgan fingerprint density at radius 2 is 1.94 bits per heavy atom. The Bertz CT molecular complexity index is 499. The van der Waals surface area contributed by atoms with E-state index in [2.05, 4.69) is 25.2 Å². The van der Waals surface area contributed by atoms with Crippen LogP contribution in [0.25, 0.3) is 0 Å². The highest BCUT2D eigenvalue weighted by atomic mass is 32.1. The molecule has 90 valence electrons. The molecule has 17 heavy (non-hydrogen) atoms. The number of rotatable bonds is 3. The van der Waals surface area contributed by atoms with Gasteiger partial charge in [0.1, 0.15) is 5.82 Å². The zero-order valence-electron chi connectivity index (χ0n) is 10.3. The number of halogens is 1. The van der Waals surface area contributed by atoms with Gasteiger partial charge < -0.3 is 5.32 Å². The van der Waals surface area contributed by atoms with Crippen molar-refractivity contribution < 1.29 is 4.39 Å². The molecule has 0 bridgehead atoms. The maximum atomic E-state index is 13.8. The molecule has 2 rings (SSSR count). The van der Waals surface area contributed by atoms with E-state index in [4.69, 9.17) is 0 Å². The van der Waals surface area contributed by atoms with Gasteiger partial charge in [0, 0.05) is 15.3 Å². The highest BCUT2D eigenvalue weighted by Gasteiger charge is 2.18. The third-order valence-electron chi connectivity index (χ3n) is 2.97. The first-order chi connectivity index (χ1) is 8.13.